The highest BCUT2D eigenvalue weighted by Crippen LogP contribution is 2.30. The summed E-state index contributed by atoms with van der Waals surface area (Å²) in [6.45, 7) is 3.78. The Balaban J connectivity index is 1.39. The van der Waals surface area contributed by atoms with Gasteiger partial charge in [0.25, 0.3) is 11.8 Å². The van der Waals surface area contributed by atoms with Crippen molar-refractivity contribution in [2.24, 2.45) is 0 Å². The van der Waals surface area contributed by atoms with Crippen LogP contribution in [0.3, 0.4) is 0 Å². The third-order valence-electron chi connectivity index (χ3n) is 5.98. The summed E-state index contributed by atoms with van der Waals surface area (Å²) in [5.74, 6) is 0.561. The van der Waals surface area contributed by atoms with Crippen LogP contribution in [0.4, 0.5) is 0 Å². The first-order valence-corrected chi connectivity index (χ1v) is 11.4. The summed E-state index contributed by atoms with van der Waals surface area (Å²) in [7, 11) is 0. The largest absolute Gasteiger partial charge is 0.491 e. The summed E-state index contributed by atoms with van der Waals surface area (Å²) in [4.78, 5) is 31.6. The van der Waals surface area contributed by atoms with Crippen molar-refractivity contribution >= 4 is 22.7 Å². The van der Waals surface area contributed by atoms with Gasteiger partial charge in [-0.3, -0.25) is 14.6 Å². The lowest BCUT2D eigenvalue weighted by molar-refractivity contribution is 0.0732. The smallest absolute Gasteiger partial charge is 0.254 e. The Morgan fingerprint density at radius 2 is 1.76 bits per heavy atom. The molecule has 0 bridgehead atoms. The highest BCUT2D eigenvalue weighted by Gasteiger charge is 2.22. The number of rotatable bonds is 4. The van der Waals surface area contributed by atoms with Gasteiger partial charge in [0.1, 0.15) is 12.4 Å². The van der Waals surface area contributed by atoms with Crippen LogP contribution < -0.4 is 10.1 Å². The number of fused-ring (bicyclic) bond motifs is 2. The van der Waals surface area contributed by atoms with E-state index in [1.165, 1.54) is 0 Å². The van der Waals surface area contributed by atoms with Crippen LogP contribution in [-0.4, -0.2) is 41.4 Å². The zero-order chi connectivity index (χ0) is 23.5. The minimum atomic E-state index is -0.144. The highest BCUT2D eigenvalue weighted by atomic mass is 16.5. The van der Waals surface area contributed by atoms with Crippen molar-refractivity contribution in [2.75, 3.05) is 19.7 Å². The van der Waals surface area contributed by atoms with Crippen molar-refractivity contribution in [3.8, 4) is 16.9 Å². The Bertz CT molecular complexity index is 1370. The first kappa shape index (κ1) is 21.6. The van der Waals surface area contributed by atoms with Gasteiger partial charge in [0, 0.05) is 46.9 Å². The summed E-state index contributed by atoms with van der Waals surface area (Å²) in [6, 6.07) is 23.0. The maximum Gasteiger partial charge on any atom is 0.254 e. The van der Waals surface area contributed by atoms with E-state index in [9.17, 15) is 9.59 Å². The second kappa shape index (κ2) is 9.35. The summed E-state index contributed by atoms with van der Waals surface area (Å²) in [5, 5.41) is 3.85. The van der Waals surface area contributed by atoms with E-state index in [0.29, 0.717) is 37.4 Å². The predicted octanol–water partition coefficient (Wildman–Crippen LogP) is 4.69. The molecule has 0 fully saturated rings. The van der Waals surface area contributed by atoms with E-state index in [4.69, 9.17) is 4.74 Å². The number of pyridine rings is 1. The second-order valence-electron chi connectivity index (χ2n) is 8.25. The number of aromatic nitrogens is 1. The van der Waals surface area contributed by atoms with Gasteiger partial charge in [-0.2, -0.15) is 0 Å². The molecule has 0 saturated carbocycles. The lowest BCUT2D eigenvalue weighted by Gasteiger charge is -2.20. The molecule has 3 aromatic carbocycles. The van der Waals surface area contributed by atoms with Crippen molar-refractivity contribution in [3.63, 3.8) is 0 Å². The maximum atomic E-state index is 13.2. The summed E-state index contributed by atoms with van der Waals surface area (Å²) in [6.07, 6.45) is 1.88. The van der Waals surface area contributed by atoms with Gasteiger partial charge in [0.05, 0.1) is 12.1 Å². The number of ether oxygens (including phenoxy) is 1. The number of amides is 2. The van der Waals surface area contributed by atoms with Crippen LogP contribution in [0.2, 0.25) is 0 Å². The Kier molecular flexibility index (Phi) is 5.95. The number of para-hydroxylation sites is 1. The molecular formula is C28H25N3O3. The van der Waals surface area contributed by atoms with Gasteiger partial charge in [0.15, 0.2) is 0 Å². The monoisotopic (exact) mass is 451 g/mol. The molecule has 0 spiro atoms. The first-order valence-electron chi connectivity index (χ1n) is 11.4. The van der Waals surface area contributed by atoms with Crippen LogP contribution in [0.25, 0.3) is 22.0 Å². The summed E-state index contributed by atoms with van der Waals surface area (Å²) >= 11 is 0. The average Bonchev–Trinajstić information content (AvgIpc) is 3.10. The lowest BCUT2D eigenvalue weighted by Crippen LogP contribution is -2.32. The highest BCUT2D eigenvalue weighted by molar-refractivity contribution is 5.98. The molecule has 2 heterocycles. The Labute approximate surface area is 198 Å². The molecule has 0 unspecified atom stereocenters. The molecule has 6 heteroatoms. The zero-order valence-electron chi connectivity index (χ0n) is 19.0. The fourth-order valence-corrected chi connectivity index (χ4v) is 4.19. The zero-order valence-corrected chi connectivity index (χ0v) is 19.0. The molecule has 5 rings (SSSR count). The van der Waals surface area contributed by atoms with E-state index >= 15 is 0 Å². The molecule has 0 aliphatic carbocycles. The van der Waals surface area contributed by atoms with Crippen molar-refractivity contribution < 1.29 is 14.3 Å². The van der Waals surface area contributed by atoms with Crippen molar-refractivity contribution in [1.82, 2.24) is 15.2 Å². The number of carbonyl (C=O) groups is 2. The molecule has 4 aromatic rings. The van der Waals surface area contributed by atoms with Crippen LogP contribution in [-0.2, 0) is 6.54 Å². The van der Waals surface area contributed by atoms with Crippen LogP contribution in [0, 0.1) is 0 Å². The molecule has 2 amide bonds. The molecule has 0 radical (unpaired) electrons. The number of benzene rings is 3. The quantitative estimate of drug-likeness (QED) is 0.489. The number of nitrogens with one attached hydrogen (secondary N) is 1. The molecule has 0 saturated heterocycles. The molecular weight excluding hydrogens is 426 g/mol. The van der Waals surface area contributed by atoms with Crippen molar-refractivity contribution in [3.05, 3.63) is 95.7 Å². The Morgan fingerprint density at radius 3 is 2.59 bits per heavy atom. The average molecular weight is 452 g/mol. The van der Waals surface area contributed by atoms with Crippen LogP contribution in [0.1, 0.15) is 33.2 Å². The van der Waals surface area contributed by atoms with E-state index < -0.39 is 0 Å². The van der Waals surface area contributed by atoms with Gasteiger partial charge in [-0.25, -0.2) is 0 Å². The predicted molar refractivity (Wildman–Crippen MR) is 132 cm³/mol. The fraction of sp³-hybridized carbons (Fsp3) is 0.179. The van der Waals surface area contributed by atoms with E-state index in [1.54, 1.807) is 29.2 Å². The topological polar surface area (TPSA) is 71.5 Å². The van der Waals surface area contributed by atoms with E-state index in [0.717, 1.165) is 33.3 Å². The molecule has 1 aromatic heterocycles. The van der Waals surface area contributed by atoms with Crippen molar-refractivity contribution in [2.45, 2.75) is 13.5 Å². The molecule has 1 aliphatic heterocycles. The Morgan fingerprint density at radius 1 is 0.971 bits per heavy atom. The third kappa shape index (κ3) is 4.35. The van der Waals surface area contributed by atoms with Gasteiger partial charge in [-0.1, -0.05) is 24.3 Å². The summed E-state index contributed by atoms with van der Waals surface area (Å²) in [5.41, 5.74) is 5.04. The molecule has 0 atom stereocenters. The number of hydrogen-bond acceptors (Lipinski definition) is 4. The number of carbonyl (C=O) groups excluding carboxylic acids is 2. The first-order chi connectivity index (χ1) is 16.6. The Hall–Kier alpha value is -4.19. The van der Waals surface area contributed by atoms with E-state index in [2.05, 4.69) is 28.5 Å². The third-order valence-corrected chi connectivity index (χ3v) is 5.98. The molecule has 1 N–H and O–H groups in total. The van der Waals surface area contributed by atoms with Gasteiger partial charge < -0.3 is 15.0 Å². The normalized spacial score (nSPS) is 13.0. The molecule has 6 nitrogen and oxygen atoms in total. The fourth-order valence-electron chi connectivity index (χ4n) is 4.19. The van der Waals surface area contributed by atoms with Gasteiger partial charge in [-0.15, -0.1) is 0 Å². The van der Waals surface area contributed by atoms with Crippen molar-refractivity contribution in [1.29, 1.82) is 0 Å². The second-order valence-corrected chi connectivity index (χ2v) is 8.25. The number of nitrogens with zero attached hydrogens (tertiary/aromatic N) is 2. The van der Waals surface area contributed by atoms with Crippen LogP contribution in [0.5, 0.6) is 5.75 Å². The molecule has 170 valence electrons. The van der Waals surface area contributed by atoms with Crippen LogP contribution >= 0.6 is 0 Å². The minimum Gasteiger partial charge on any atom is -0.491 e. The van der Waals surface area contributed by atoms with Crippen LogP contribution in [0.15, 0.2) is 79.0 Å². The molecule has 1 aliphatic rings. The molecule has 34 heavy (non-hydrogen) atoms. The van der Waals surface area contributed by atoms with Gasteiger partial charge >= 0.3 is 0 Å². The summed E-state index contributed by atoms with van der Waals surface area (Å²) < 4.78 is 5.94. The van der Waals surface area contributed by atoms with Gasteiger partial charge in [-0.05, 0) is 61.0 Å². The van der Waals surface area contributed by atoms with E-state index in [1.807, 2.05) is 43.5 Å². The standard InChI is InChI=1S/C28H25N3O3/c1-2-29-27(32)19-7-9-20(10-8-19)28(33)31-13-14-34-26-12-11-21(15-24(26)18-31)23-16-22-5-3-4-6-25(22)30-17-23/h3-12,15-17H,2,13-14,18H2,1H3,(H,29,32). The maximum absolute atomic E-state index is 13.2. The lowest BCUT2D eigenvalue weighted by atomic mass is 10.0. The number of hydrogen-bond donors (Lipinski definition) is 1. The van der Waals surface area contributed by atoms with Gasteiger partial charge in [0.2, 0.25) is 0 Å². The van der Waals surface area contributed by atoms with E-state index in [-0.39, 0.29) is 11.8 Å². The minimum absolute atomic E-state index is 0.0864. The SMILES string of the molecule is CCNC(=O)c1ccc(C(=O)N2CCOc3ccc(-c4cnc5ccccc5c4)cc3C2)cc1.